The van der Waals surface area contributed by atoms with Crippen molar-refractivity contribution in [1.29, 1.82) is 0 Å². The van der Waals surface area contributed by atoms with Gasteiger partial charge in [-0.3, -0.25) is 4.79 Å². The highest BCUT2D eigenvalue weighted by atomic mass is 32.2. The maximum atomic E-state index is 14.4. The standard InChI is InChI=1S/C20H22FN5O3S2/c1-13(25-31(28,29)18-7-5-11-30-18)20(27)22-16-12-14(8-9-15(16)21)19-24-23-17-6-3-2-4-10-26(17)19/h5,7-9,11-13,25H,2-4,6,10H2,1H3,(H,22,27). The van der Waals surface area contributed by atoms with Gasteiger partial charge in [-0.25, -0.2) is 12.8 Å². The van der Waals surface area contributed by atoms with Crippen LogP contribution in [0.1, 0.15) is 32.0 Å². The molecule has 0 fully saturated rings. The van der Waals surface area contributed by atoms with Gasteiger partial charge in [0.15, 0.2) is 5.82 Å². The average Bonchev–Trinajstić information content (AvgIpc) is 3.36. The Balaban J connectivity index is 1.53. The Kier molecular flexibility index (Phi) is 6.17. The molecule has 0 bridgehead atoms. The third-order valence-corrected chi connectivity index (χ3v) is 8.02. The Morgan fingerprint density at radius 2 is 2.06 bits per heavy atom. The second-order valence-electron chi connectivity index (χ2n) is 7.36. The summed E-state index contributed by atoms with van der Waals surface area (Å²) in [7, 11) is -3.83. The van der Waals surface area contributed by atoms with Crippen LogP contribution in [0.3, 0.4) is 0 Å². The largest absolute Gasteiger partial charge is 0.322 e. The first-order valence-corrected chi connectivity index (χ1v) is 12.3. The summed E-state index contributed by atoms with van der Waals surface area (Å²) < 4.78 is 43.5. The van der Waals surface area contributed by atoms with Crippen LogP contribution < -0.4 is 10.0 Å². The van der Waals surface area contributed by atoms with E-state index in [0.717, 1.165) is 49.4 Å². The van der Waals surface area contributed by atoms with Crippen molar-refractivity contribution in [3.8, 4) is 11.4 Å². The fraction of sp³-hybridized carbons (Fsp3) is 0.350. The van der Waals surface area contributed by atoms with Gasteiger partial charge in [0.05, 0.1) is 11.7 Å². The van der Waals surface area contributed by atoms with Crippen LogP contribution in [0.5, 0.6) is 0 Å². The monoisotopic (exact) mass is 463 g/mol. The molecule has 0 spiro atoms. The predicted molar refractivity (Wildman–Crippen MR) is 116 cm³/mol. The molecule has 2 aromatic heterocycles. The minimum atomic E-state index is -3.83. The van der Waals surface area contributed by atoms with Crippen molar-refractivity contribution >= 4 is 33.0 Å². The number of carbonyl (C=O) groups excluding carboxylic acids is 1. The Morgan fingerprint density at radius 1 is 1.23 bits per heavy atom. The number of nitrogens with one attached hydrogen (secondary N) is 2. The minimum Gasteiger partial charge on any atom is -0.322 e. The molecular formula is C20H22FN5O3S2. The molecule has 0 saturated heterocycles. The lowest BCUT2D eigenvalue weighted by Gasteiger charge is -2.15. The lowest BCUT2D eigenvalue weighted by Crippen LogP contribution is -2.41. The normalized spacial score (nSPS) is 15.2. The van der Waals surface area contributed by atoms with Gasteiger partial charge in [0, 0.05) is 18.5 Å². The quantitative estimate of drug-likeness (QED) is 0.584. The topological polar surface area (TPSA) is 106 Å². The third-order valence-electron chi connectivity index (χ3n) is 5.08. The van der Waals surface area contributed by atoms with Crippen LogP contribution in [0.25, 0.3) is 11.4 Å². The molecule has 0 radical (unpaired) electrons. The number of aryl methyl sites for hydroxylation is 1. The van der Waals surface area contributed by atoms with Gasteiger partial charge in [-0.15, -0.1) is 21.5 Å². The van der Waals surface area contributed by atoms with E-state index in [1.807, 2.05) is 4.57 Å². The van der Waals surface area contributed by atoms with E-state index in [1.54, 1.807) is 17.5 Å². The molecule has 11 heteroatoms. The van der Waals surface area contributed by atoms with Crippen molar-refractivity contribution in [2.75, 3.05) is 5.32 Å². The Hall–Kier alpha value is -2.63. The number of aromatic nitrogens is 3. The van der Waals surface area contributed by atoms with Crippen LogP contribution in [0.2, 0.25) is 0 Å². The molecule has 4 rings (SSSR count). The summed E-state index contributed by atoms with van der Waals surface area (Å²) in [4.78, 5) is 12.6. The Labute approximate surface area is 183 Å². The molecule has 2 N–H and O–H groups in total. The predicted octanol–water partition coefficient (Wildman–Crippen LogP) is 3.18. The zero-order valence-electron chi connectivity index (χ0n) is 16.8. The highest BCUT2D eigenvalue weighted by Crippen LogP contribution is 2.27. The van der Waals surface area contributed by atoms with Gasteiger partial charge in [-0.05, 0) is 49.4 Å². The van der Waals surface area contributed by atoms with E-state index in [4.69, 9.17) is 0 Å². The first kappa shape index (κ1) is 21.6. The van der Waals surface area contributed by atoms with E-state index in [2.05, 4.69) is 20.2 Å². The zero-order valence-corrected chi connectivity index (χ0v) is 18.5. The summed E-state index contributed by atoms with van der Waals surface area (Å²) in [5.41, 5.74) is 0.583. The number of hydrogen-bond donors (Lipinski definition) is 2. The number of halogens is 1. The van der Waals surface area contributed by atoms with Gasteiger partial charge in [0.2, 0.25) is 5.91 Å². The summed E-state index contributed by atoms with van der Waals surface area (Å²) in [6.45, 7) is 2.19. The third kappa shape index (κ3) is 4.68. The van der Waals surface area contributed by atoms with E-state index >= 15 is 0 Å². The van der Waals surface area contributed by atoms with E-state index in [-0.39, 0.29) is 9.90 Å². The molecule has 3 heterocycles. The SMILES string of the molecule is CC(NS(=O)(=O)c1cccs1)C(=O)Nc1cc(-c2nnc3n2CCCCC3)ccc1F. The van der Waals surface area contributed by atoms with Crippen LogP contribution in [-0.2, 0) is 27.8 Å². The molecule has 164 valence electrons. The van der Waals surface area contributed by atoms with Crippen molar-refractivity contribution in [2.24, 2.45) is 0 Å². The molecular weight excluding hydrogens is 441 g/mol. The zero-order chi connectivity index (χ0) is 22.0. The molecule has 1 atom stereocenters. The second-order valence-corrected chi connectivity index (χ2v) is 10.2. The molecule has 3 aromatic rings. The van der Waals surface area contributed by atoms with Crippen LogP contribution in [0.15, 0.2) is 39.9 Å². The number of thiophene rings is 1. The van der Waals surface area contributed by atoms with E-state index in [9.17, 15) is 17.6 Å². The molecule has 1 unspecified atom stereocenters. The van der Waals surface area contributed by atoms with E-state index in [1.165, 1.54) is 25.1 Å². The smallest absolute Gasteiger partial charge is 0.250 e. The van der Waals surface area contributed by atoms with Crippen LogP contribution in [-0.4, -0.2) is 35.1 Å². The van der Waals surface area contributed by atoms with E-state index < -0.39 is 27.8 Å². The van der Waals surface area contributed by atoms with E-state index in [0.29, 0.717) is 11.4 Å². The summed E-state index contributed by atoms with van der Waals surface area (Å²) in [5, 5.41) is 12.6. The molecule has 1 aliphatic rings. The lowest BCUT2D eigenvalue weighted by atomic mass is 10.1. The number of anilines is 1. The molecule has 1 aromatic carbocycles. The summed E-state index contributed by atoms with van der Waals surface area (Å²) in [5.74, 6) is 0.232. The summed E-state index contributed by atoms with van der Waals surface area (Å²) in [6.07, 6.45) is 4.04. The first-order valence-electron chi connectivity index (χ1n) is 9.94. The maximum absolute atomic E-state index is 14.4. The second kappa shape index (κ2) is 8.85. The van der Waals surface area contributed by atoms with Crippen molar-refractivity contribution in [1.82, 2.24) is 19.5 Å². The molecule has 0 aliphatic carbocycles. The highest BCUT2D eigenvalue weighted by Gasteiger charge is 2.24. The van der Waals surface area contributed by atoms with Crippen molar-refractivity contribution in [2.45, 2.75) is 49.4 Å². The number of amides is 1. The number of hydrogen-bond acceptors (Lipinski definition) is 6. The number of benzene rings is 1. The summed E-state index contributed by atoms with van der Waals surface area (Å²) in [6, 6.07) is 6.30. The fourth-order valence-corrected chi connectivity index (χ4v) is 5.67. The molecule has 31 heavy (non-hydrogen) atoms. The Morgan fingerprint density at radius 3 is 2.84 bits per heavy atom. The summed E-state index contributed by atoms with van der Waals surface area (Å²) >= 11 is 1.05. The van der Waals surface area contributed by atoms with Gasteiger partial charge in [-0.1, -0.05) is 12.5 Å². The van der Waals surface area contributed by atoms with Crippen molar-refractivity contribution in [3.05, 3.63) is 47.4 Å². The van der Waals surface area contributed by atoms with Gasteiger partial charge in [0.1, 0.15) is 15.9 Å². The van der Waals surface area contributed by atoms with Crippen LogP contribution >= 0.6 is 11.3 Å². The molecule has 1 amide bonds. The number of carbonyl (C=O) groups is 1. The number of fused-ring (bicyclic) bond motifs is 1. The lowest BCUT2D eigenvalue weighted by molar-refractivity contribution is -0.117. The van der Waals surface area contributed by atoms with Gasteiger partial charge in [0.25, 0.3) is 10.0 Å². The molecule has 1 aliphatic heterocycles. The van der Waals surface area contributed by atoms with Crippen LogP contribution in [0.4, 0.5) is 10.1 Å². The minimum absolute atomic E-state index is 0.0457. The van der Waals surface area contributed by atoms with Gasteiger partial charge >= 0.3 is 0 Å². The van der Waals surface area contributed by atoms with Gasteiger partial charge < -0.3 is 9.88 Å². The number of sulfonamides is 1. The Bertz CT molecular complexity index is 1190. The molecule has 8 nitrogen and oxygen atoms in total. The maximum Gasteiger partial charge on any atom is 0.250 e. The molecule has 0 saturated carbocycles. The fourth-order valence-electron chi connectivity index (χ4n) is 3.46. The van der Waals surface area contributed by atoms with Crippen molar-refractivity contribution < 1.29 is 17.6 Å². The van der Waals surface area contributed by atoms with Crippen molar-refractivity contribution in [3.63, 3.8) is 0 Å². The first-order chi connectivity index (χ1) is 14.8. The number of rotatable bonds is 6. The average molecular weight is 464 g/mol. The number of nitrogens with zero attached hydrogens (tertiary/aromatic N) is 3. The highest BCUT2D eigenvalue weighted by molar-refractivity contribution is 7.91. The van der Waals surface area contributed by atoms with Gasteiger partial charge in [-0.2, -0.15) is 4.72 Å². The van der Waals surface area contributed by atoms with Crippen LogP contribution in [0, 0.1) is 5.82 Å².